The zero-order chi connectivity index (χ0) is 18.2. The minimum absolute atomic E-state index is 0.0366. The van der Waals surface area contributed by atoms with Crippen molar-refractivity contribution in [1.82, 2.24) is 15.5 Å². The van der Waals surface area contributed by atoms with Gasteiger partial charge in [-0.3, -0.25) is 14.4 Å². The van der Waals surface area contributed by atoms with Gasteiger partial charge in [0.2, 0.25) is 5.91 Å². The van der Waals surface area contributed by atoms with E-state index in [1.165, 1.54) is 0 Å². The molecule has 1 heterocycles. The number of rotatable bonds is 6. The first kappa shape index (κ1) is 17.6. The molecule has 2 aliphatic carbocycles. The molecular weight excluding hydrogens is 322 g/mol. The van der Waals surface area contributed by atoms with Crippen molar-refractivity contribution in [2.75, 3.05) is 0 Å². The Hall–Kier alpha value is -2.18. The van der Waals surface area contributed by atoms with Crippen molar-refractivity contribution in [1.29, 1.82) is 0 Å². The van der Waals surface area contributed by atoms with E-state index in [-0.39, 0.29) is 17.5 Å². The van der Waals surface area contributed by atoms with E-state index in [2.05, 4.69) is 15.5 Å². The van der Waals surface area contributed by atoms with Crippen LogP contribution in [0.25, 0.3) is 0 Å². The van der Waals surface area contributed by atoms with Gasteiger partial charge in [0.15, 0.2) is 0 Å². The third-order valence-electron chi connectivity index (χ3n) is 6.01. The number of H-pyrrole nitrogens is 1. The van der Waals surface area contributed by atoms with Gasteiger partial charge in [0.25, 0.3) is 5.56 Å². The number of aliphatic carboxylic acids is 1. The number of amides is 1. The maximum atomic E-state index is 12.6. The summed E-state index contributed by atoms with van der Waals surface area (Å²) in [5.74, 6) is -1.54. The fourth-order valence-electron chi connectivity index (χ4n) is 4.47. The molecule has 1 amide bonds. The van der Waals surface area contributed by atoms with E-state index in [9.17, 15) is 19.5 Å². The molecule has 0 bridgehead atoms. The number of hydrogen-bond donors (Lipinski definition) is 3. The molecule has 0 aliphatic heterocycles. The first-order chi connectivity index (χ1) is 11.9. The summed E-state index contributed by atoms with van der Waals surface area (Å²) in [4.78, 5) is 36.5. The second-order valence-electron chi connectivity index (χ2n) is 7.44. The molecule has 25 heavy (non-hydrogen) atoms. The molecule has 7 nitrogen and oxygen atoms in total. The van der Waals surface area contributed by atoms with Crippen molar-refractivity contribution in [3.63, 3.8) is 0 Å². The average molecular weight is 347 g/mol. The number of aromatic amines is 1. The number of carboxylic acid groups (broad SMARTS) is 1. The summed E-state index contributed by atoms with van der Waals surface area (Å²) >= 11 is 0. The molecule has 136 valence electrons. The fourth-order valence-corrected chi connectivity index (χ4v) is 4.47. The predicted octanol–water partition coefficient (Wildman–Crippen LogP) is 1.55. The van der Waals surface area contributed by atoms with E-state index < -0.39 is 17.3 Å². The lowest BCUT2D eigenvalue weighted by molar-refractivity contribution is -0.181. The lowest BCUT2D eigenvalue weighted by Crippen LogP contribution is -2.61. The predicted molar refractivity (Wildman–Crippen MR) is 91.0 cm³/mol. The fraction of sp³-hybridized carbons (Fsp3) is 0.667. The number of carboxylic acids is 1. The van der Waals surface area contributed by atoms with Gasteiger partial charge < -0.3 is 10.4 Å². The van der Waals surface area contributed by atoms with E-state index in [0.29, 0.717) is 31.2 Å². The van der Waals surface area contributed by atoms with Gasteiger partial charge in [0.1, 0.15) is 5.41 Å². The molecule has 1 aromatic heterocycles. The Labute approximate surface area is 146 Å². The Kier molecular flexibility index (Phi) is 4.43. The van der Waals surface area contributed by atoms with Gasteiger partial charge in [-0.15, -0.1) is 0 Å². The number of aryl methyl sites for hydroxylation is 1. The minimum Gasteiger partial charge on any atom is -0.480 e. The third kappa shape index (κ3) is 2.75. The van der Waals surface area contributed by atoms with Crippen LogP contribution in [0.4, 0.5) is 0 Å². The Bertz CT molecular complexity index is 756. The molecule has 3 N–H and O–H groups in total. The Morgan fingerprint density at radius 1 is 1.20 bits per heavy atom. The second-order valence-corrected chi connectivity index (χ2v) is 7.44. The van der Waals surface area contributed by atoms with Crippen LogP contribution >= 0.6 is 0 Å². The number of carbonyl (C=O) groups excluding carboxylic acids is 1. The van der Waals surface area contributed by atoms with Crippen molar-refractivity contribution >= 4 is 11.9 Å². The van der Waals surface area contributed by atoms with Crippen LogP contribution < -0.4 is 10.9 Å². The topological polar surface area (TPSA) is 112 Å². The van der Waals surface area contributed by atoms with Crippen LogP contribution in [-0.2, 0) is 29.0 Å². The van der Waals surface area contributed by atoms with E-state index in [1.54, 1.807) is 0 Å². The lowest BCUT2D eigenvalue weighted by Gasteiger charge is -2.58. The van der Waals surface area contributed by atoms with Gasteiger partial charge in [-0.1, -0.05) is 20.3 Å². The summed E-state index contributed by atoms with van der Waals surface area (Å²) in [7, 11) is 0. The van der Waals surface area contributed by atoms with Crippen molar-refractivity contribution in [2.24, 2.45) is 10.8 Å². The van der Waals surface area contributed by atoms with Crippen LogP contribution in [0, 0.1) is 10.8 Å². The SMILES string of the molecule is CCc1n[nH]c(=O)c(CNC(=O)C2(C(=O)O)CC3(CCC3)C2)c1CC. The summed E-state index contributed by atoms with van der Waals surface area (Å²) in [6.45, 7) is 3.93. The highest BCUT2D eigenvalue weighted by Crippen LogP contribution is 2.64. The molecule has 1 spiro atoms. The molecule has 0 aromatic carbocycles. The first-order valence-electron chi connectivity index (χ1n) is 8.98. The first-order valence-corrected chi connectivity index (χ1v) is 8.98. The van der Waals surface area contributed by atoms with Crippen molar-refractivity contribution in [2.45, 2.75) is 65.3 Å². The van der Waals surface area contributed by atoms with Crippen molar-refractivity contribution in [3.05, 3.63) is 27.2 Å². The highest BCUT2D eigenvalue weighted by molar-refractivity contribution is 6.03. The van der Waals surface area contributed by atoms with Gasteiger partial charge in [-0.05, 0) is 49.5 Å². The number of carbonyl (C=O) groups is 2. The Balaban J connectivity index is 1.76. The van der Waals surface area contributed by atoms with E-state index in [4.69, 9.17) is 0 Å². The maximum Gasteiger partial charge on any atom is 0.319 e. The van der Waals surface area contributed by atoms with Crippen molar-refractivity contribution in [3.8, 4) is 0 Å². The molecule has 3 rings (SSSR count). The summed E-state index contributed by atoms with van der Waals surface area (Å²) in [6.07, 6.45) is 5.28. The monoisotopic (exact) mass is 347 g/mol. The lowest BCUT2D eigenvalue weighted by atomic mass is 9.45. The van der Waals surface area contributed by atoms with Crippen LogP contribution in [0.5, 0.6) is 0 Å². The molecule has 7 heteroatoms. The van der Waals surface area contributed by atoms with Crippen LogP contribution in [0.1, 0.15) is 62.8 Å². The summed E-state index contributed by atoms with van der Waals surface area (Å²) in [5, 5.41) is 18.8. The Morgan fingerprint density at radius 2 is 1.88 bits per heavy atom. The highest BCUT2D eigenvalue weighted by atomic mass is 16.4. The van der Waals surface area contributed by atoms with Crippen LogP contribution in [0.2, 0.25) is 0 Å². The molecule has 0 radical (unpaired) electrons. The molecule has 2 fully saturated rings. The Morgan fingerprint density at radius 3 is 2.36 bits per heavy atom. The van der Waals surface area contributed by atoms with Gasteiger partial charge in [0.05, 0.1) is 5.69 Å². The second kappa shape index (κ2) is 6.28. The number of aromatic nitrogens is 2. The molecule has 0 saturated heterocycles. The smallest absolute Gasteiger partial charge is 0.319 e. The molecule has 0 unspecified atom stereocenters. The molecule has 1 aromatic rings. The zero-order valence-corrected chi connectivity index (χ0v) is 14.8. The van der Waals surface area contributed by atoms with E-state index in [0.717, 1.165) is 30.5 Å². The standard InChI is InChI=1S/C18H25N3O4/c1-3-11-12(14(22)21-20-13(11)4-2)8-19-15(23)18(16(24)25)9-17(10-18)6-5-7-17/h3-10H2,1-2H3,(H,19,23)(H,21,22)(H,24,25). The zero-order valence-electron chi connectivity index (χ0n) is 14.8. The number of hydrogen-bond acceptors (Lipinski definition) is 4. The largest absolute Gasteiger partial charge is 0.480 e. The van der Waals surface area contributed by atoms with Gasteiger partial charge in [-0.25, -0.2) is 5.10 Å². The molecule has 2 saturated carbocycles. The van der Waals surface area contributed by atoms with Crippen LogP contribution in [-0.4, -0.2) is 27.2 Å². The highest BCUT2D eigenvalue weighted by Gasteiger charge is 2.64. The van der Waals surface area contributed by atoms with Crippen LogP contribution in [0.3, 0.4) is 0 Å². The average Bonchev–Trinajstić information content (AvgIpc) is 2.50. The summed E-state index contributed by atoms with van der Waals surface area (Å²) < 4.78 is 0. The molecular formula is C18H25N3O4. The molecule has 0 atom stereocenters. The maximum absolute atomic E-state index is 12.6. The number of nitrogens with one attached hydrogen (secondary N) is 2. The number of nitrogens with zero attached hydrogens (tertiary/aromatic N) is 1. The quantitative estimate of drug-likeness (QED) is 0.676. The summed E-state index contributed by atoms with van der Waals surface area (Å²) in [5.41, 5.74) is 0.508. The van der Waals surface area contributed by atoms with Gasteiger partial charge in [0, 0.05) is 12.1 Å². The third-order valence-corrected chi connectivity index (χ3v) is 6.01. The van der Waals surface area contributed by atoms with E-state index in [1.807, 2.05) is 13.8 Å². The summed E-state index contributed by atoms with van der Waals surface area (Å²) in [6, 6.07) is 0. The van der Waals surface area contributed by atoms with Crippen LogP contribution in [0.15, 0.2) is 4.79 Å². The molecule has 2 aliphatic rings. The van der Waals surface area contributed by atoms with E-state index >= 15 is 0 Å². The normalized spacial score (nSPS) is 19.8. The minimum atomic E-state index is -1.33. The van der Waals surface area contributed by atoms with Gasteiger partial charge >= 0.3 is 5.97 Å². The van der Waals surface area contributed by atoms with Crippen molar-refractivity contribution < 1.29 is 14.7 Å². The van der Waals surface area contributed by atoms with Gasteiger partial charge in [-0.2, -0.15) is 5.10 Å².